The van der Waals surface area contributed by atoms with Gasteiger partial charge in [-0.15, -0.1) is 0 Å². The van der Waals surface area contributed by atoms with Gasteiger partial charge in [0.2, 0.25) is 0 Å². The molecule has 5 heteroatoms. The van der Waals surface area contributed by atoms with E-state index in [0.29, 0.717) is 16.3 Å². The van der Waals surface area contributed by atoms with Crippen LogP contribution in [0.3, 0.4) is 0 Å². The van der Waals surface area contributed by atoms with Gasteiger partial charge in [0.1, 0.15) is 5.75 Å². The molecule has 1 heterocycles. The fourth-order valence-corrected chi connectivity index (χ4v) is 2.75. The number of nitrogens with zero attached hydrogens (tertiary/aromatic N) is 1. The fourth-order valence-electron chi connectivity index (χ4n) is 2.48. The lowest BCUT2D eigenvalue weighted by Gasteiger charge is -2.14. The Morgan fingerprint density at radius 3 is 2.50 bits per heavy atom. The third kappa shape index (κ3) is 3.14. The number of benzene rings is 2. The highest BCUT2D eigenvalue weighted by Crippen LogP contribution is 2.30. The first-order valence-electron chi connectivity index (χ1n) is 7.48. The van der Waals surface area contributed by atoms with Crippen molar-refractivity contribution < 1.29 is 9.53 Å². The lowest BCUT2D eigenvalue weighted by Crippen LogP contribution is -2.14. The van der Waals surface area contributed by atoms with Crippen molar-refractivity contribution in [1.29, 1.82) is 0 Å². The van der Waals surface area contributed by atoms with Gasteiger partial charge in [-0.25, -0.2) is 0 Å². The maximum atomic E-state index is 12.6. The van der Waals surface area contributed by atoms with E-state index in [1.54, 1.807) is 12.1 Å². The van der Waals surface area contributed by atoms with Gasteiger partial charge in [0, 0.05) is 24.1 Å². The quantitative estimate of drug-likeness (QED) is 0.748. The van der Waals surface area contributed by atoms with Crippen molar-refractivity contribution >= 4 is 23.2 Å². The van der Waals surface area contributed by atoms with Crippen molar-refractivity contribution in [1.82, 2.24) is 4.57 Å². The normalized spacial score (nSPS) is 10.5. The van der Waals surface area contributed by atoms with Crippen LogP contribution >= 0.6 is 11.6 Å². The summed E-state index contributed by atoms with van der Waals surface area (Å²) in [5.41, 5.74) is 2.89. The van der Waals surface area contributed by atoms with Crippen molar-refractivity contribution in [3.63, 3.8) is 0 Å². The third-order valence-electron chi connectivity index (χ3n) is 3.79. The van der Waals surface area contributed by atoms with Crippen LogP contribution in [0.5, 0.6) is 5.75 Å². The average Bonchev–Trinajstić information content (AvgIpc) is 3.11. The number of rotatable bonds is 4. The van der Waals surface area contributed by atoms with E-state index in [2.05, 4.69) is 5.32 Å². The second-order valence-corrected chi connectivity index (χ2v) is 5.77. The molecule has 0 radical (unpaired) electrons. The molecule has 0 fully saturated rings. The minimum atomic E-state index is -0.262. The molecule has 0 bridgehead atoms. The van der Waals surface area contributed by atoms with Gasteiger partial charge in [0.25, 0.3) is 5.91 Å². The molecule has 0 unspecified atom stereocenters. The van der Waals surface area contributed by atoms with Gasteiger partial charge in [0.05, 0.1) is 23.4 Å². The molecule has 0 aliphatic rings. The van der Waals surface area contributed by atoms with Crippen LogP contribution in [-0.4, -0.2) is 17.6 Å². The third-order valence-corrected chi connectivity index (χ3v) is 4.09. The van der Waals surface area contributed by atoms with Crippen molar-refractivity contribution in [3.8, 4) is 11.4 Å². The van der Waals surface area contributed by atoms with E-state index in [1.165, 1.54) is 7.11 Å². The number of hydrogen-bond acceptors (Lipinski definition) is 2. The number of amides is 1. The number of aryl methyl sites for hydroxylation is 1. The first kappa shape index (κ1) is 16.1. The first-order chi connectivity index (χ1) is 11.6. The Morgan fingerprint density at radius 1 is 1.12 bits per heavy atom. The Kier molecular flexibility index (Phi) is 4.58. The molecule has 0 saturated carbocycles. The van der Waals surface area contributed by atoms with Gasteiger partial charge in [-0.2, -0.15) is 0 Å². The summed E-state index contributed by atoms with van der Waals surface area (Å²) in [7, 11) is 1.53. The van der Waals surface area contributed by atoms with Crippen LogP contribution < -0.4 is 10.1 Å². The topological polar surface area (TPSA) is 43.3 Å². The number of aromatic nitrogens is 1. The molecule has 1 N–H and O–H groups in total. The standard InChI is InChI=1S/C19H17ClN2O2/c1-13-7-3-4-8-16(13)21-19(23)14-11-15(20)17(12-18(14)24-2)22-9-5-6-10-22/h3-12H,1-2H3,(H,21,23). The number of methoxy groups -OCH3 is 1. The SMILES string of the molecule is COc1cc(-n2cccc2)c(Cl)cc1C(=O)Nc1ccccc1C. The van der Waals surface area contributed by atoms with Gasteiger partial charge in [-0.3, -0.25) is 4.79 Å². The summed E-state index contributed by atoms with van der Waals surface area (Å²) < 4.78 is 7.26. The average molecular weight is 341 g/mol. The van der Waals surface area contributed by atoms with Gasteiger partial charge in [-0.1, -0.05) is 29.8 Å². The van der Waals surface area contributed by atoms with Gasteiger partial charge in [-0.05, 0) is 36.8 Å². The number of carbonyl (C=O) groups is 1. The van der Waals surface area contributed by atoms with Crippen molar-refractivity contribution in [3.05, 3.63) is 77.1 Å². The lowest BCUT2D eigenvalue weighted by molar-refractivity contribution is 0.102. The van der Waals surface area contributed by atoms with Crippen LogP contribution in [0, 0.1) is 6.92 Å². The summed E-state index contributed by atoms with van der Waals surface area (Å²) in [6.45, 7) is 1.94. The summed E-state index contributed by atoms with van der Waals surface area (Å²) in [4.78, 5) is 12.6. The van der Waals surface area contributed by atoms with Crippen molar-refractivity contribution in [2.75, 3.05) is 12.4 Å². The highest BCUT2D eigenvalue weighted by molar-refractivity contribution is 6.33. The molecule has 0 aliphatic carbocycles. The number of anilines is 1. The summed E-state index contributed by atoms with van der Waals surface area (Å²) in [5, 5.41) is 3.37. The van der Waals surface area contributed by atoms with Crippen molar-refractivity contribution in [2.45, 2.75) is 6.92 Å². The minimum Gasteiger partial charge on any atom is -0.496 e. The summed E-state index contributed by atoms with van der Waals surface area (Å²) >= 11 is 6.37. The van der Waals surface area contributed by atoms with E-state index in [-0.39, 0.29) is 5.91 Å². The van der Waals surface area contributed by atoms with E-state index < -0.39 is 0 Å². The Hall–Kier alpha value is -2.72. The second-order valence-electron chi connectivity index (χ2n) is 5.36. The van der Waals surface area contributed by atoms with Crippen LogP contribution in [0.4, 0.5) is 5.69 Å². The smallest absolute Gasteiger partial charge is 0.259 e. The Morgan fingerprint density at radius 2 is 1.83 bits per heavy atom. The maximum Gasteiger partial charge on any atom is 0.259 e. The fraction of sp³-hybridized carbons (Fsp3) is 0.105. The molecular weight excluding hydrogens is 324 g/mol. The molecule has 0 atom stereocenters. The van der Waals surface area contributed by atoms with Gasteiger partial charge >= 0.3 is 0 Å². The Bertz CT molecular complexity index is 873. The Balaban J connectivity index is 1.97. The monoisotopic (exact) mass is 340 g/mol. The zero-order valence-corrected chi connectivity index (χ0v) is 14.2. The molecular formula is C19H17ClN2O2. The van der Waals surface area contributed by atoms with Crippen LogP contribution in [-0.2, 0) is 0 Å². The van der Waals surface area contributed by atoms with E-state index in [0.717, 1.165) is 16.9 Å². The number of hydrogen-bond donors (Lipinski definition) is 1. The molecule has 24 heavy (non-hydrogen) atoms. The van der Waals surface area contributed by atoms with Crippen LogP contribution in [0.2, 0.25) is 5.02 Å². The lowest BCUT2D eigenvalue weighted by atomic mass is 10.1. The molecule has 0 aliphatic heterocycles. The van der Waals surface area contributed by atoms with Crippen LogP contribution in [0.15, 0.2) is 60.9 Å². The molecule has 0 spiro atoms. The molecule has 1 amide bonds. The predicted molar refractivity (Wildman–Crippen MR) is 96.5 cm³/mol. The number of para-hydroxylation sites is 1. The number of ether oxygens (including phenoxy) is 1. The summed E-state index contributed by atoms with van der Waals surface area (Å²) in [5.74, 6) is 0.205. The molecule has 3 aromatic rings. The highest BCUT2D eigenvalue weighted by Gasteiger charge is 2.17. The van der Waals surface area contributed by atoms with Crippen molar-refractivity contribution in [2.24, 2.45) is 0 Å². The molecule has 1 aromatic heterocycles. The van der Waals surface area contributed by atoms with Gasteiger partial charge < -0.3 is 14.6 Å². The predicted octanol–water partition coefficient (Wildman–Crippen LogP) is 4.70. The van der Waals surface area contributed by atoms with Crippen LogP contribution in [0.25, 0.3) is 5.69 Å². The second kappa shape index (κ2) is 6.81. The Labute approximate surface area is 145 Å². The first-order valence-corrected chi connectivity index (χ1v) is 7.86. The number of carbonyl (C=O) groups excluding carboxylic acids is 1. The van der Waals surface area contributed by atoms with E-state index in [1.807, 2.05) is 60.3 Å². The van der Waals surface area contributed by atoms with Crippen LogP contribution in [0.1, 0.15) is 15.9 Å². The maximum absolute atomic E-state index is 12.6. The zero-order valence-electron chi connectivity index (χ0n) is 13.4. The summed E-state index contributed by atoms with van der Waals surface area (Å²) in [6.07, 6.45) is 3.77. The zero-order chi connectivity index (χ0) is 17.1. The van der Waals surface area contributed by atoms with E-state index >= 15 is 0 Å². The number of halogens is 1. The molecule has 2 aromatic carbocycles. The van der Waals surface area contributed by atoms with Gasteiger partial charge in [0.15, 0.2) is 0 Å². The molecule has 0 saturated heterocycles. The minimum absolute atomic E-state index is 0.262. The molecule has 3 rings (SSSR count). The number of nitrogens with one attached hydrogen (secondary N) is 1. The molecule has 122 valence electrons. The van der Waals surface area contributed by atoms with E-state index in [9.17, 15) is 4.79 Å². The highest BCUT2D eigenvalue weighted by atomic mass is 35.5. The largest absolute Gasteiger partial charge is 0.496 e. The molecule has 4 nitrogen and oxygen atoms in total. The van der Waals surface area contributed by atoms with E-state index in [4.69, 9.17) is 16.3 Å². The summed E-state index contributed by atoms with van der Waals surface area (Å²) in [6, 6.07) is 14.8.